The van der Waals surface area contributed by atoms with Crippen molar-refractivity contribution in [1.82, 2.24) is 34.3 Å². The van der Waals surface area contributed by atoms with E-state index >= 15 is 0 Å². The molecule has 2 aromatic carbocycles. The maximum atomic E-state index is 14.6. The molecule has 1 aliphatic carbocycles. The Morgan fingerprint density at radius 1 is 1.14 bits per heavy atom. The van der Waals surface area contributed by atoms with Gasteiger partial charge in [-0.05, 0) is 73.0 Å². The number of aromatic nitrogens is 6. The Hall–Kier alpha value is -5.76. The van der Waals surface area contributed by atoms with Crippen LogP contribution in [0, 0.1) is 17.7 Å². The van der Waals surface area contributed by atoms with Gasteiger partial charge in [0.25, 0.3) is 11.5 Å². The summed E-state index contributed by atoms with van der Waals surface area (Å²) >= 11 is 0. The minimum absolute atomic E-state index is 0.0369. The lowest BCUT2D eigenvalue weighted by atomic mass is 9.85. The fourth-order valence-electron chi connectivity index (χ4n) is 6.13. The first-order chi connectivity index (χ1) is 21.3. The molecule has 0 radical (unpaired) electrons. The van der Waals surface area contributed by atoms with Gasteiger partial charge in [-0.15, -0.1) is 5.10 Å². The largest absolute Gasteiger partial charge is 0.381 e. The number of benzene rings is 2. The first-order valence-corrected chi connectivity index (χ1v) is 14.2. The van der Waals surface area contributed by atoms with Crippen LogP contribution in [0.2, 0.25) is 0 Å². The van der Waals surface area contributed by atoms with Gasteiger partial charge in [0.1, 0.15) is 11.4 Å². The van der Waals surface area contributed by atoms with Gasteiger partial charge < -0.3 is 11.1 Å². The summed E-state index contributed by atoms with van der Waals surface area (Å²) in [6, 6.07) is 10.8. The van der Waals surface area contributed by atoms with Crippen molar-refractivity contribution in [2.24, 2.45) is 7.05 Å². The van der Waals surface area contributed by atoms with Crippen LogP contribution >= 0.6 is 0 Å². The molecule has 218 valence electrons. The average Bonchev–Trinajstić information content (AvgIpc) is 3.58. The van der Waals surface area contributed by atoms with Crippen molar-refractivity contribution in [3.8, 4) is 17.5 Å². The van der Waals surface area contributed by atoms with Gasteiger partial charge in [0.05, 0.1) is 34.6 Å². The molecule has 10 nitrogen and oxygen atoms in total. The van der Waals surface area contributed by atoms with Crippen LogP contribution in [-0.4, -0.2) is 34.9 Å². The van der Waals surface area contributed by atoms with E-state index in [-0.39, 0.29) is 16.9 Å². The third kappa shape index (κ3) is 4.48. The zero-order chi connectivity index (χ0) is 30.5. The Balaban J connectivity index is 1.45. The normalized spacial score (nSPS) is 13.1. The Morgan fingerprint density at radius 3 is 2.80 bits per heavy atom. The monoisotopic (exact) mass is 586 g/mol. The van der Waals surface area contributed by atoms with Gasteiger partial charge in [-0.25, -0.2) is 13.9 Å². The standard InChI is InChI=1S/C33H27FN8O2/c1-19(38-32(43)28-30(35)39-41-15-5-14-36-31(28)41)29-25-9-3-6-21-12-13-22(11-10-20-17-37-40(2)18-20)27(26(21)25)33(44)42(29)24-8-4-7-23(34)16-24/h4-5,7-8,12-19H,3,6,9H2,1-2H3,(H2,35,39)(H,38,43). The van der Waals surface area contributed by atoms with Crippen LogP contribution in [0.5, 0.6) is 0 Å². The summed E-state index contributed by atoms with van der Waals surface area (Å²) < 4.78 is 19.2. The number of nitrogens with two attached hydrogens (primary N) is 1. The molecule has 1 atom stereocenters. The second-order valence-electron chi connectivity index (χ2n) is 10.9. The lowest BCUT2D eigenvalue weighted by molar-refractivity contribution is 0.0941. The van der Waals surface area contributed by atoms with Crippen LogP contribution < -0.4 is 16.6 Å². The van der Waals surface area contributed by atoms with Gasteiger partial charge in [-0.1, -0.05) is 24.0 Å². The van der Waals surface area contributed by atoms with Crippen molar-refractivity contribution in [2.45, 2.75) is 32.2 Å². The van der Waals surface area contributed by atoms with E-state index in [4.69, 9.17) is 5.73 Å². The van der Waals surface area contributed by atoms with Gasteiger partial charge in [-0.3, -0.25) is 18.8 Å². The number of nitrogen functional groups attached to an aromatic ring is 1. The molecule has 1 aliphatic rings. The zero-order valence-electron chi connectivity index (χ0n) is 24.0. The molecule has 0 spiro atoms. The van der Waals surface area contributed by atoms with Crippen LogP contribution in [0.1, 0.15) is 57.7 Å². The van der Waals surface area contributed by atoms with Crippen LogP contribution in [0.4, 0.5) is 10.2 Å². The number of pyridine rings is 1. The molecule has 6 aromatic rings. The van der Waals surface area contributed by atoms with Gasteiger partial charge in [0.2, 0.25) is 0 Å². The number of carbonyl (C=O) groups is 1. The molecule has 0 fully saturated rings. The summed E-state index contributed by atoms with van der Waals surface area (Å²) in [5.41, 5.74) is 10.4. The first-order valence-electron chi connectivity index (χ1n) is 14.2. The molecular weight excluding hydrogens is 559 g/mol. The summed E-state index contributed by atoms with van der Waals surface area (Å²) in [7, 11) is 1.81. The maximum Gasteiger partial charge on any atom is 0.264 e. The third-order valence-corrected chi connectivity index (χ3v) is 7.95. The number of hydrogen-bond donors (Lipinski definition) is 2. The van der Waals surface area contributed by atoms with Crippen molar-refractivity contribution in [3.05, 3.63) is 117 Å². The second kappa shape index (κ2) is 10.5. The molecule has 4 aromatic heterocycles. The molecule has 1 unspecified atom stereocenters. The van der Waals surface area contributed by atoms with E-state index < -0.39 is 17.8 Å². The van der Waals surface area contributed by atoms with Crippen LogP contribution in [0.25, 0.3) is 22.1 Å². The highest BCUT2D eigenvalue weighted by molar-refractivity contribution is 6.04. The summed E-state index contributed by atoms with van der Waals surface area (Å²) in [5, 5.41) is 12.7. The van der Waals surface area contributed by atoms with E-state index in [2.05, 4.69) is 32.3 Å². The van der Waals surface area contributed by atoms with E-state index in [0.29, 0.717) is 34.4 Å². The van der Waals surface area contributed by atoms with Crippen LogP contribution in [0.3, 0.4) is 0 Å². The molecular formula is C33H27FN8O2. The summed E-state index contributed by atoms with van der Waals surface area (Å²) in [5.74, 6) is 5.37. The summed E-state index contributed by atoms with van der Waals surface area (Å²) in [6.07, 6.45) is 8.99. The predicted octanol–water partition coefficient (Wildman–Crippen LogP) is 3.87. The van der Waals surface area contributed by atoms with Gasteiger partial charge >= 0.3 is 0 Å². The number of nitrogens with zero attached hydrogens (tertiary/aromatic N) is 6. The summed E-state index contributed by atoms with van der Waals surface area (Å²) in [4.78, 5) is 32.5. The Kier molecular flexibility index (Phi) is 6.47. The van der Waals surface area contributed by atoms with Crippen LogP contribution in [0.15, 0.2) is 72.0 Å². The highest BCUT2D eigenvalue weighted by Crippen LogP contribution is 2.36. The molecule has 3 N–H and O–H groups in total. The van der Waals surface area contributed by atoms with Crippen molar-refractivity contribution in [3.63, 3.8) is 0 Å². The number of amides is 1. The molecule has 4 heterocycles. The van der Waals surface area contributed by atoms with E-state index in [0.717, 1.165) is 34.9 Å². The van der Waals surface area contributed by atoms with Crippen molar-refractivity contribution < 1.29 is 9.18 Å². The highest BCUT2D eigenvalue weighted by atomic mass is 19.1. The number of fused-ring (bicyclic) bond motifs is 1. The Morgan fingerprint density at radius 2 is 2.00 bits per heavy atom. The third-order valence-electron chi connectivity index (χ3n) is 7.95. The minimum Gasteiger partial charge on any atom is -0.381 e. The smallest absolute Gasteiger partial charge is 0.264 e. The van der Waals surface area contributed by atoms with E-state index in [1.807, 2.05) is 19.2 Å². The van der Waals surface area contributed by atoms with Crippen molar-refractivity contribution in [2.75, 3.05) is 5.73 Å². The molecule has 1 amide bonds. The van der Waals surface area contributed by atoms with Gasteiger partial charge in [0.15, 0.2) is 11.5 Å². The molecule has 0 bridgehead atoms. The lowest BCUT2D eigenvalue weighted by Crippen LogP contribution is -2.34. The number of halogens is 1. The van der Waals surface area contributed by atoms with E-state index in [1.54, 1.807) is 54.6 Å². The molecule has 0 saturated carbocycles. The molecule has 0 aliphatic heterocycles. The number of rotatable bonds is 4. The highest BCUT2D eigenvalue weighted by Gasteiger charge is 2.29. The first kappa shape index (κ1) is 27.1. The fraction of sp³-hybridized carbons (Fsp3) is 0.182. The van der Waals surface area contributed by atoms with E-state index in [9.17, 15) is 14.0 Å². The quantitative estimate of drug-likeness (QED) is 0.302. The molecule has 0 saturated heterocycles. The number of hydrogen-bond acceptors (Lipinski definition) is 6. The maximum absolute atomic E-state index is 14.6. The molecule has 11 heteroatoms. The number of anilines is 1. The average molecular weight is 587 g/mol. The van der Waals surface area contributed by atoms with Gasteiger partial charge in [-0.2, -0.15) is 5.10 Å². The lowest BCUT2D eigenvalue weighted by Gasteiger charge is -2.28. The van der Waals surface area contributed by atoms with Crippen molar-refractivity contribution in [1.29, 1.82) is 0 Å². The van der Waals surface area contributed by atoms with Crippen LogP contribution in [-0.2, 0) is 19.9 Å². The summed E-state index contributed by atoms with van der Waals surface area (Å²) in [6.45, 7) is 1.81. The van der Waals surface area contributed by atoms with Crippen molar-refractivity contribution >= 4 is 28.1 Å². The van der Waals surface area contributed by atoms with E-state index in [1.165, 1.54) is 21.2 Å². The second-order valence-corrected chi connectivity index (χ2v) is 10.9. The number of nitrogens with one attached hydrogen (secondary N) is 1. The SMILES string of the molecule is CC(NC(=O)c1c(N)nn2cccnc12)c1c2c3c(ccc(C#Cc4cnn(C)c4)c3c(=O)n1-c1cccc(F)c1)CCC2. The molecule has 7 rings (SSSR count). The Labute approximate surface area is 251 Å². The fourth-order valence-corrected chi connectivity index (χ4v) is 6.13. The zero-order valence-corrected chi connectivity index (χ0v) is 24.0. The Bertz CT molecular complexity index is 2250. The van der Waals surface area contributed by atoms with Gasteiger partial charge in [0, 0.05) is 31.2 Å². The predicted molar refractivity (Wildman–Crippen MR) is 164 cm³/mol. The minimum atomic E-state index is -0.674. The topological polar surface area (TPSA) is 125 Å². The number of carbonyl (C=O) groups excluding carboxylic acids is 1. The molecule has 44 heavy (non-hydrogen) atoms. The number of aryl methyl sites for hydroxylation is 3.